The number of hydrogen-bond donors (Lipinski definition) is 1. The molecule has 0 fully saturated rings. The van der Waals surface area contributed by atoms with Gasteiger partial charge in [-0.2, -0.15) is 0 Å². The van der Waals surface area contributed by atoms with Crippen molar-refractivity contribution in [3.8, 4) is 0 Å². The molecule has 2 aromatic rings. The van der Waals surface area contributed by atoms with E-state index >= 15 is 0 Å². The Kier molecular flexibility index (Phi) is 4.85. The number of benzene rings is 1. The van der Waals surface area contributed by atoms with E-state index in [2.05, 4.69) is 36.8 Å². The maximum atomic E-state index is 10.3. The maximum Gasteiger partial charge on any atom is 0.0981 e. The summed E-state index contributed by atoms with van der Waals surface area (Å²) in [6, 6.07) is 7.77. The summed E-state index contributed by atoms with van der Waals surface area (Å²) < 4.78 is 0. The summed E-state index contributed by atoms with van der Waals surface area (Å²) in [7, 11) is 0. The molecule has 1 aromatic heterocycles. The average molecular weight is 270 g/mol. The van der Waals surface area contributed by atoms with Gasteiger partial charge >= 0.3 is 0 Å². The van der Waals surface area contributed by atoms with E-state index in [1.165, 1.54) is 0 Å². The molecule has 106 valence electrons. The van der Waals surface area contributed by atoms with Crippen molar-refractivity contribution in [2.45, 2.75) is 39.7 Å². The van der Waals surface area contributed by atoms with Gasteiger partial charge in [-0.1, -0.05) is 45.4 Å². The van der Waals surface area contributed by atoms with Gasteiger partial charge in [-0.05, 0) is 30.5 Å². The molecule has 3 nitrogen and oxygen atoms in total. The van der Waals surface area contributed by atoms with Crippen LogP contribution in [0.15, 0.2) is 30.3 Å². The van der Waals surface area contributed by atoms with Crippen LogP contribution in [0.4, 0.5) is 0 Å². The molecule has 0 bridgehead atoms. The third-order valence-corrected chi connectivity index (χ3v) is 3.14. The van der Waals surface area contributed by atoms with Crippen LogP contribution in [0.1, 0.15) is 51.1 Å². The fraction of sp³-hybridized carbons (Fsp3) is 0.412. The lowest BCUT2D eigenvalue weighted by Gasteiger charge is -2.12. The number of allylic oxidation sites excluding steroid dienone is 1. The van der Waals surface area contributed by atoms with Crippen molar-refractivity contribution in [1.29, 1.82) is 0 Å². The van der Waals surface area contributed by atoms with Crippen molar-refractivity contribution in [3.63, 3.8) is 0 Å². The number of hydrogen-bond acceptors (Lipinski definition) is 3. The molecule has 20 heavy (non-hydrogen) atoms. The second kappa shape index (κ2) is 6.62. The number of aromatic nitrogens is 2. The minimum Gasteiger partial charge on any atom is -0.387 e. The Hall–Kier alpha value is -1.74. The lowest BCUT2D eigenvalue weighted by atomic mass is 10.1. The predicted molar refractivity (Wildman–Crippen MR) is 83.3 cm³/mol. The van der Waals surface area contributed by atoms with Crippen LogP contribution >= 0.6 is 0 Å². The van der Waals surface area contributed by atoms with Crippen molar-refractivity contribution >= 4 is 17.1 Å². The van der Waals surface area contributed by atoms with Crippen LogP contribution in [0.5, 0.6) is 0 Å². The highest BCUT2D eigenvalue weighted by molar-refractivity contribution is 5.75. The molecule has 0 aliphatic carbocycles. The highest BCUT2D eigenvalue weighted by Gasteiger charge is 2.14. The molecule has 1 unspecified atom stereocenters. The van der Waals surface area contributed by atoms with Crippen molar-refractivity contribution < 1.29 is 5.11 Å². The van der Waals surface area contributed by atoms with E-state index in [1.807, 2.05) is 30.3 Å². The second-order valence-corrected chi connectivity index (χ2v) is 5.39. The lowest BCUT2D eigenvalue weighted by molar-refractivity contribution is 0.161. The third kappa shape index (κ3) is 3.42. The molecule has 0 aliphatic rings. The zero-order valence-corrected chi connectivity index (χ0v) is 12.4. The Morgan fingerprint density at radius 2 is 1.80 bits per heavy atom. The highest BCUT2D eigenvalue weighted by atomic mass is 16.3. The van der Waals surface area contributed by atoms with Gasteiger partial charge in [-0.3, -0.25) is 0 Å². The molecule has 1 aromatic carbocycles. The predicted octanol–water partition coefficient (Wildman–Crippen LogP) is 4.13. The number of aliphatic hydroxyl groups excluding tert-OH is 1. The van der Waals surface area contributed by atoms with Crippen LogP contribution in [0.2, 0.25) is 0 Å². The van der Waals surface area contributed by atoms with E-state index in [1.54, 1.807) is 0 Å². The van der Waals surface area contributed by atoms with E-state index in [9.17, 15) is 5.11 Å². The van der Waals surface area contributed by atoms with Gasteiger partial charge in [0.15, 0.2) is 0 Å². The zero-order chi connectivity index (χ0) is 14.5. The van der Waals surface area contributed by atoms with Crippen LogP contribution in [-0.2, 0) is 0 Å². The highest BCUT2D eigenvalue weighted by Crippen LogP contribution is 2.23. The van der Waals surface area contributed by atoms with Gasteiger partial charge < -0.3 is 5.11 Å². The monoisotopic (exact) mass is 270 g/mol. The van der Waals surface area contributed by atoms with Gasteiger partial charge in [-0.25, -0.2) is 9.97 Å². The molecule has 1 N–H and O–H groups in total. The summed E-state index contributed by atoms with van der Waals surface area (Å²) in [4.78, 5) is 9.25. The summed E-state index contributed by atoms with van der Waals surface area (Å²) >= 11 is 0. The largest absolute Gasteiger partial charge is 0.387 e. The lowest BCUT2D eigenvalue weighted by Crippen LogP contribution is -2.05. The van der Waals surface area contributed by atoms with Crippen molar-refractivity contribution in [2.24, 2.45) is 5.92 Å². The van der Waals surface area contributed by atoms with E-state index in [0.717, 1.165) is 23.1 Å². The topological polar surface area (TPSA) is 46.0 Å². The van der Waals surface area contributed by atoms with E-state index in [-0.39, 0.29) is 0 Å². The smallest absolute Gasteiger partial charge is 0.0981 e. The summed E-state index contributed by atoms with van der Waals surface area (Å²) in [5.41, 5.74) is 3.16. The first-order chi connectivity index (χ1) is 9.61. The molecule has 2 rings (SSSR count). The Labute approximate surface area is 120 Å². The molecule has 0 amide bonds. The molecule has 0 saturated heterocycles. The van der Waals surface area contributed by atoms with Crippen molar-refractivity contribution in [2.75, 3.05) is 0 Å². The molecular formula is C17H22N2O. The van der Waals surface area contributed by atoms with Crippen LogP contribution in [-0.4, -0.2) is 15.1 Å². The Balaban J connectivity index is 2.52. The summed E-state index contributed by atoms with van der Waals surface area (Å²) in [5, 5.41) is 10.3. The van der Waals surface area contributed by atoms with Crippen molar-refractivity contribution in [1.82, 2.24) is 9.97 Å². The van der Waals surface area contributed by atoms with Crippen LogP contribution < -0.4 is 0 Å². The van der Waals surface area contributed by atoms with Gasteiger partial charge in [0.1, 0.15) is 0 Å². The molecule has 3 heteroatoms. The minimum absolute atomic E-state index is 0.444. The number of aliphatic hydroxyl groups is 1. The van der Waals surface area contributed by atoms with Crippen LogP contribution in [0.25, 0.3) is 17.1 Å². The van der Waals surface area contributed by atoms with E-state index in [4.69, 9.17) is 0 Å². The molecule has 1 atom stereocenters. The van der Waals surface area contributed by atoms with Crippen LogP contribution in [0, 0.1) is 5.92 Å². The summed E-state index contributed by atoms with van der Waals surface area (Å²) in [5.74, 6) is 0.444. The maximum absolute atomic E-state index is 10.3. The standard InChI is InChI=1S/C17H22N2O/c1-4-7-16(20)17-15(11-10-12(2)3)18-13-8-5-6-9-14(13)19-17/h5-6,8-12,16,20H,4,7H2,1-3H3/b11-10+. The van der Waals surface area contributed by atoms with Gasteiger partial charge in [0.25, 0.3) is 0 Å². The van der Waals surface area contributed by atoms with Crippen LogP contribution in [0.3, 0.4) is 0 Å². The van der Waals surface area contributed by atoms with Gasteiger partial charge in [0.2, 0.25) is 0 Å². The average Bonchev–Trinajstić information content (AvgIpc) is 2.44. The van der Waals surface area contributed by atoms with E-state index in [0.29, 0.717) is 18.0 Å². The number of para-hydroxylation sites is 2. The summed E-state index contributed by atoms with van der Waals surface area (Å²) in [6.07, 6.45) is 5.13. The Morgan fingerprint density at radius 3 is 2.40 bits per heavy atom. The fourth-order valence-corrected chi connectivity index (χ4v) is 2.09. The van der Waals surface area contributed by atoms with Gasteiger partial charge in [0, 0.05) is 0 Å². The minimum atomic E-state index is -0.552. The number of fused-ring (bicyclic) bond motifs is 1. The van der Waals surface area contributed by atoms with Gasteiger partial charge in [0.05, 0.1) is 28.5 Å². The number of nitrogens with zero attached hydrogens (tertiary/aromatic N) is 2. The molecule has 0 aliphatic heterocycles. The molecule has 0 spiro atoms. The molecule has 0 radical (unpaired) electrons. The Morgan fingerprint density at radius 1 is 1.15 bits per heavy atom. The number of rotatable bonds is 5. The quantitative estimate of drug-likeness (QED) is 0.888. The van der Waals surface area contributed by atoms with Crippen molar-refractivity contribution in [3.05, 3.63) is 41.7 Å². The first kappa shape index (κ1) is 14.7. The van der Waals surface area contributed by atoms with Gasteiger partial charge in [-0.15, -0.1) is 0 Å². The first-order valence-electron chi connectivity index (χ1n) is 7.24. The first-order valence-corrected chi connectivity index (χ1v) is 7.24. The zero-order valence-electron chi connectivity index (χ0n) is 12.4. The van der Waals surface area contributed by atoms with E-state index < -0.39 is 6.10 Å². The molecular weight excluding hydrogens is 248 g/mol. The fourth-order valence-electron chi connectivity index (χ4n) is 2.09. The Bertz CT molecular complexity index is 605. The normalized spacial score (nSPS) is 13.4. The SMILES string of the molecule is CCCC(O)c1nc2ccccc2nc1/C=C/C(C)C. The third-order valence-electron chi connectivity index (χ3n) is 3.14. The second-order valence-electron chi connectivity index (χ2n) is 5.39. The summed E-state index contributed by atoms with van der Waals surface area (Å²) in [6.45, 7) is 6.29. The molecule has 0 saturated carbocycles. The molecule has 1 heterocycles.